The summed E-state index contributed by atoms with van der Waals surface area (Å²) in [7, 11) is 0. The first-order chi connectivity index (χ1) is 8.79. The minimum absolute atomic E-state index is 0.121. The Balaban J connectivity index is 2.02. The molecule has 1 aromatic heterocycles. The number of rotatable bonds is 4. The third-order valence-corrected chi connectivity index (χ3v) is 2.97. The predicted octanol–water partition coefficient (Wildman–Crippen LogP) is 2.35. The van der Waals surface area contributed by atoms with Crippen LogP contribution in [0, 0.1) is 0 Å². The molecule has 1 aromatic rings. The fraction of sp³-hybridized carbons (Fsp3) is 0.429. The third kappa shape index (κ3) is 3.32. The Bertz CT molecular complexity index is 442. The Morgan fingerprint density at radius 3 is 3.11 bits per heavy atom. The molecule has 1 heterocycles. The van der Waals surface area contributed by atoms with Gasteiger partial charge >= 0.3 is 0 Å². The first-order valence-corrected chi connectivity index (χ1v) is 6.45. The van der Waals surface area contributed by atoms with E-state index in [2.05, 4.69) is 27.8 Å². The van der Waals surface area contributed by atoms with Crippen molar-refractivity contribution >= 4 is 11.6 Å². The van der Waals surface area contributed by atoms with Gasteiger partial charge in [0, 0.05) is 24.5 Å². The summed E-state index contributed by atoms with van der Waals surface area (Å²) in [4.78, 5) is 15.8. The van der Waals surface area contributed by atoms with Gasteiger partial charge in [-0.3, -0.25) is 9.78 Å². The van der Waals surface area contributed by atoms with Crippen molar-refractivity contribution in [3.05, 3.63) is 36.2 Å². The van der Waals surface area contributed by atoms with Gasteiger partial charge in [0.25, 0.3) is 5.91 Å². The fourth-order valence-electron chi connectivity index (χ4n) is 2.06. The van der Waals surface area contributed by atoms with E-state index in [1.807, 2.05) is 19.1 Å². The third-order valence-electron chi connectivity index (χ3n) is 2.97. The van der Waals surface area contributed by atoms with Crippen LogP contribution in [0.1, 0.15) is 36.7 Å². The monoisotopic (exact) mass is 245 g/mol. The second kappa shape index (κ2) is 6.19. The van der Waals surface area contributed by atoms with Crippen molar-refractivity contribution in [1.29, 1.82) is 0 Å². The summed E-state index contributed by atoms with van der Waals surface area (Å²) < 4.78 is 0. The van der Waals surface area contributed by atoms with Gasteiger partial charge in [0.2, 0.25) is 0 Å². The molecule has 0 fully saturated rings. The number of nitrogens with zero attached hydrogens (tertiary/aromatic N) is 1. The average molecular weight is 245 g/mol. The van der Waals surface area contributed by atoms with E-state index in [9.17, 15) is 4.79 Å². The molecule has 0 saturated heterocycles. The van der Waals surface area contributed by atoms with Gasteiger partial charge in [-0.1, -0.05) is 12.2 Å². The smallest absolute Gasteiger partial charge is 0.269 e. The summed E-state index contributed by atoms with van der Waals surface area (Å²) in [5.74, 6) is -0.121. The Hall–Kier alpha value is -1.84. The van der Waals surface area contributed by atoms with Crippen LogP contribution in [0.5, 0.6) is 0 Å². The number of hydrogen-bond acceptors (Lipinski definition) is 3. The molecule has 96 valence electrons. The summed E-state index contributed by atoms with van der Waals surface area (Å²) in [6.07, 6.45) is 9.38. The van der Waals surface area contributed by atoms with Crippen molar-refractivity contribution in [3.63, 3.8) is 0 Å². The number of anilines is 1. The lowest BCUT2D eigenvalue weighted by atomic mass is 10.0. The predicted molar refractivity (Wildman–Crippen MR) is 72.6 cm³/mol. The lowest BCUT2D eigenvalue weighted by molar-refractivity contribution is 0.0951. The molecule has 0 aliphatic heterocycles. The highest BCUT2D eigenvalue weighted by Gasteiger charge is 2.11. The molecule has 0 radical (unpaired) electrons. The van der Waals surface area contributed by atoms with Crippen LogP contribution in [0.4, 0.5) is 5.69 Å². The number of carbonyl (C=O) groups is 1. The quantitative estimate of drug-likeness (QED) is 0.801. The van der Waals surface area contributed by atoms with Gasteiger partial charge in [0.05, 0.1) is 0 Å². The largest absolute Gasteiger partial charge is 0.382 e. The molecule has 1 amide bonds. The molecule has 4 nitrogen and oxygen atoms in total. The number of aromatic nitrogens is 1. The summed E-state index contributed by atoms with van der Waals surface area (Å²) in [6, 6.07) is 4.17. The van der Waals surface area contributed by atoms with Crippen LogP contribution in [0.25, 0.3) is 0 Å². The highest BCUT2D eigenvalue weighted by molar-refractivity contribution is 5.93. The van der Waals surface area contributed by atoms with Crippen molar-refractivity contribution in [2.24, 2.45) is 0 Å². The van der Waals surface area contributed by atoms with E-state index in [4.69, 9.17) is 0 Å². The number of hydrogen-bond donors (Lipinski definition) is 2. The summed E-state index contributed by atoms with van der Waals surface area (Å²) in [5, 5.41) is 6.20. The van der Waals surface area contributed by atoms with Crippen LogP contribution in [0.2, 0.25) is 0 Å². The molecule has 1 unspecified atom stereocenters. The molecular formula is C14H19N3O. The van der Waals surface area contributed by atoms with Crippen LogP contribution in [-0.2, 0) is 0 Å². The summed E-state index contributed by atoms with van der Waals surface area (Å²) in [5.41, 5.74) is 1.43. The van der Waals surface area contributed by atoms with Crippen molar-refractivity contribution in [3.8, 4) is 0 Å². The van der Waals surface area contributed by atoms with Crippen LogP contribution in [0.3, 0.4) is 0 Å². The zero-order chi connectivity index (χ0) is 12.8. The molecule has 0 aromatic carbocycles. The minimum atomic E-state index is -0.121. The van der Waals surface area contributed by atoms with Crippen molar-refractivity contribution in [2.75, 3.05) is 11.9 Å². The summed E-state index contributed by atoms with van der Waals surface area (Å²) in [6.45, 7) is 2.51. The lowest BCUT2D eigenvalue weighted by Crippen LogP contribution is -2.24. The molecule has 0 bridgehead atoms. The first kappa shape index (κ1) is 12.6. The van der Waals surface area contributed by atoms with Crippen molar-refractivity contribution in [1.82, 2.24) is 10.3 Å². The van der Waals surface area contributed by atoms with Crippen molar-refractivity contribution < 1.29 is 4.79 Å². The van der Waals surface area contributed by atoms with Gasteiger partial charge in [-0.05, 0) is 38.3 Å². The molecule has 0 spiro atoms. The molecule has 1 atom stereocenters. The zero-order valence-corrected chi connectivity index (χ0v) is 10.6. The highest BCUT2D eigenvalue weighted by atomic mass is 16.1. The Morgan fingerprint density at radius 1 is 1.50 bits per heavy atom. The van der Waals surface area contributed by atoms with Gasteiger partial charge < -0.3 is 10.6 Å². The number of nitrogens with one attached hydrogen (secondary N) is 2. The fourth-order valence-corrected chi connectivity index (χ4v) is 2.06. The maximum absolute atomic E-state index is 11.7. The molecular weight excluding hydrogens is 226 g/mol. The van der Waals surface area contributed by atoms with Crippen LogP contribution in [0.15, 0.2) is 30.5 Å². The first-order valence-electron chi connectivity index (χ1n) is 6.45. The second-order valence-corrected chi connectivity index (χ2v) is 4.41. The van der Waals surface area contributed by atoms with Crippen LogP contribution < -0.4 is 10.6 Å². The van der Waals surface area contributed by atoms with Crippen LogP contribution in [-0.4, -0.2) is 23.5 Å². The molecule has 1 aliphatic carbocycles. The maximum Gasteiger partial charge on any atom is 0.269 e. The van der Waals surface area contributed by atoms with E-state index in [-0.39, 0.29) is 5.91 Å². The molecule has 1 aliphatic rings. The van der Waals surface area contributed by atoms with Gasteiger partial charge in [-0.2, -0.15) is 0 Å². The number of pyridine rings is 1. The maximum atomic E-state index is 11.7. The Labute approximate surface area is 108 Å². The van der Waals surface area contributed by atoms with E-state index in [1.165, 1.54) is 0 Å². The van der Waals surface area contributed by atoms with Crippen molar-refractivity contribution in [2.45, 2.75) is 32.2 Å². The average Bonchev–Trinajstić information content (AvgIpc) is 2.40. The Kier molecular flexibility index (Phi) is 4.34. The lowest BCUT2D eigenvalue weighted by Gasteiger charge is -2.20. The Morgan fingerprint density at radius 2 is 2.39 bits per heavy atom. The van der Waals surface area contributed by atoms with Gasteiger partial charge in [0.15, 0.2) is 0 Å². The van der Waals surface area contributed by atoms with Gasteiger partial charge in [-0.25, -0.2) is 0 Å². The van der Waals surface area contributed by atoms with E-state index >= 15 is 0 Å². The topological polar surface area (TPSA) is 54.0 Å². The molecule has 2 rings (SSSR count). The van der Waals surface area contributed by atoms with E-state index < -0.39 is 0 Å². The number of carbonyl (C=O) groups excluding carboxylic acids is 1. The van der Waals surface area contributed by atoms with Crippen LogP contribution >= 0.6 is 0 Å². The highest BCUT2D eigenvalue weighted by Crippen LogP contribution is 2.17. The van der Waals surface area contributed by atoms with Gasteiger partial charge in [-0.15, -0.1) is 0 Å². The van der Waals surface area contributed by atoms with E-state index in [0.717, 1.165) is 24.9 Å². The number of amides is 1. The molecule has 0 saturated carbocycles. The molecule has 18 heavy (non-hydrogen) atoms. The second-order valence-electron chi connectivity index (χ2n) is 4.41. The SMILES string of the molecule is CCNC(=O)c1cc(NC2CC=CCC2)ccn1. The number of allylic oxidation sites excluding steroid dienone is 1. The molecule has 4 heteroatoms. The summed E-state index contributed by atoms with van der Waals surface area (Å²) >= 11 is 0. The van der Waals surface area contributed by atoms with E-state index in [1.54, 1.807) is 6.20 Å². The van der Waals surface area contributed by atoms with Gasteiger partial charge in [0.1, 0.15) is 5.69 Å². The van der Waals surface area contributed by atoms with E-state index in [0.29, 0.717) is 18.3 Å². The normalized spacial score (nSPS) is 18.4. The zero-order valence-electron chi connectivity index (χ0n) is 10.6. The minimum Gasteiger partial charge on any atom is -0.382 e. The molecule has 2 N–H and O–H groups in total. The standard InChI is InChI=1S/C14H19N3O/c1-2-15-14(18)13-10-12(8-9-16-13)17-11-6-4-3-5-7-11/h3-4,8-11H,2,5-7H2,1H3,(H,15,18)(H,16,17).